The van der Waals surface area contributed by atoms with Crippen molar-refractivity contribution in [1.29, 1.82) is 0 Å². The minimum atomic E-state index is -0.176. The zero-order valence-electron chi connectivity index (χ0n) is 18.8. The minimum absolute atomic E-state index is 0.176. The van der Waals surface area contributed by atoms with Crippen LogP contribution < -0.4 is 15.1 Å². The van der Waals surface area contributed by atoms with E-state index in [9.17, 15) is 4.79 Å². The summed E-state index contributed by atoms with van der Waals surface area (Å²) in [4.78, 5) is 21.8. The molecule has 3 aromatic rings. The number of anilines is 3. The van der Waals surface area contributed by atoms with Gasteiger partial charge in [0.1, 0.15) is 5.82 Å². The number of hydrogen-bond donors (Lipinski definition) is 2. The quantitative estimate of drug-likeness (QED) is 0.615. The first-order chi connectivity index (χ1) is 16.1. The summed E-state index contributed by atoms with van der Waals surface area (Å²) in [6, 6.07) is 4.18. The second-order valence-electron chi connectivity index (χ2n) is 9.06. The van der Waals surface area contributed by atoms with Crippen molar-refractivity contribution in [3.8, 4) is 5.82 Å². The van der Waals surface area contributed by atoms with Crippen molar-refractivity contribution in [2.45, 2.75) is 44.9 Å². The lowest BCUT2D eigenvalue weighted by Crippen LogP contribution is -2.45. The van der Waals surface area contributed by atoms with Crippen LogP contribution in [-0.4, -0.2) is 82.0 Å². The van der Waals surface area contributed by atoms with Gasteiger partial charge in [0.2, 0.25) is 5.91 Å². The summed E-state index contributed by atoms with van der Waals surface area (Å²) < 4.78 is 13.5. The summed E-state index contributed by atoms with van der Waals surface area (Å²) in [5.74, 6) is 1.88. The van der Waals surface area contributed by atoms with E-state index in [1.807, 2.05) is 6.07 Å². The molecule has 0 radical (unpaired) electrons. The first-order valence-corrected chi connectivity index (χ1v) is 11.5. The molecule has 0 saturated carbocycles. The number of ether oxygens (including phenoxy) is 2. The highest BCUT2D eigenvalue weighted by atomic mass is 16.5. The molecule has 3 aromatic heterocycles. The van der Waals surface area contributed by atoms with Gasteiger partial charge in [0, 0.05) is 38.7 Å². The zero-order chi connectivity index (χ0) is 22.5. The number of fused-ring (bicyclic) bond motifs is 3. The molecule has 11 nitrogen and oxygen atoms in total. The number of amides is 1. The fourth-order valence-electron chi connectivity index (χ4n) is 5.15. The largest absolute Gasteiger partial charge is 0.377 e. The smallest absolute Gasteiger partial charge is 0.222 e. The van der Waals surface area contributed by atoms with Crippen molar-refractivity contribution in [2.24, 2.45) is 0 Å². The minimum Gasteiger partial charge on any atom is -0.377 e. The third-order valence-electron chi connectivity index (χ3n) is 6.66. The first kappa shape index (κ1) is 20.4. The number of H-pyrrole nitrogens is 1. The SMILES string of the molecule is CC(=O)Nc1nn(-c2ccn[nH]2)c2nc(N3CCOC[C@H]3C)cc(N3CC4CCC(C3)O4)c12. The van der Waals surface area contributed by atoms with Crippen LogP contribution in [0, 0.1) is 0 Å². The molecule has 6 rings (SSSR count). The van der Waals surface area contributed by atoms with Crippen molar-refractivity contribution in [2.75, 3.05) is 48.0 Å². The van der Waals surface area contributed by atoms with E-state index in [1.54, 1.807) is 10.9 Å². The zero-order valence-corrected chi connectivity index (χ0v) is 18.8. The monoisotopic (exact) mass is 452 g/mol. The third kappa shape index (κ3) is 3.61. The van der Waals surface area contributed by atoms with E-state index < -0.39 is 0 Å². The molecule has 6 heterocycles. The fraction of sp³-hybridized carbons (Fsp3) is 0.545. The molecule has 2 unspecified atom stereocenters. The number of aromatic amines is 1. The van der Waals surface area contributed by atoms with Crippen LogP contribution in [-0.2, 0) is 14.3 Å². The number of nitrogens with zero attached hydrogens (tertiary/aromatic N) is 6. The molecule has 3 fully saturated rings. The number of carbonyl (C=O) groups is 1. The molecule has 2 bridgehead atoms. The van der Waals surface area contributed by atoms with E-state index in [-0.39, 0.29) is 24.2 Å². The van der Waals surface area contributed by atoms with E-state index in [4.69, 9.17) is 19.6 Å². The predicted octanol–water partition coefficient (Wildman–Crippen LogP) is 1.69. The van der Waals surface area contributed by atoms with Gasteiger partial charge < -0.3 is 24.6 Å². The van der Waals surface area contributed by atoms with Gasteiger partial charge in [-0.2, -0.15) is 9.78 Å². The summed E-state index contributed by atoms with van der Waals surface area (Å²) >= 11 is 0. The number of hydrogen-bond acceptors (Lipinski definition) is 8. The maximum absolute atomic E-state index is 12.1. The summed E-state index contributed by atoms with van der Waals surface area (Å²) in [6.07, 6.45) is 4.29. The van der Waals surface area contributed by atoms with Crippen LogP contribution in [0.25, 0.3) is 16.9 Å². The van der Waals surface area contributed by atoms with Crippen LogP contribution in [0.4, 0.5) is 17.3 Å². The van der Waals surface area contributed by atoms with Crippen LogP contribution in [0.5, 0.6) is 0 Å². The first-order valence-electron chi connectivity index (χ1n) is 11.5. The Kier molecular flexibility index (Phi) is 4.95. The van der Waals surface area contributed by atoms with E-state index >= 15 is 0 Å². The molecule has 3 aliphatic heterocycles. The molecule has 3 aliphatic rings. The van der Waals surface area contributed by atoms with Gasteiger partial charge in [0.05, 0.1) is 48.7 Å². The molecule has 174 valence electrons. The Morgan fingerprint density at radius 3 is 2.79 bits per heavy atom. The topological polar surface area (TPSA) is 113 Å². The van der Waals surface area contributed by atoms with E-state index in [0.717, 1.165) is 49.4 Å². The molecular formula is C22H28N8O3. The molecule has 3 saturated heterocycles. The van der Waals surface area contributed by atoms with Crippen LogP contribution in [0.2, 0.25) is 0 Å². The molecule has 11 heteroatoms. The second kappa shape index (κ2) is 7.99. The average Bonchev–Trinajstić information content (AvgIpc) is 3.53. The molecular weight excluding hydrogens is 424 g/mol. The highest BCUT2D eigenvalue weighted by Crippen LogP contribution is 2.39. The number of aromatic nitrogens is 5. The number of pyridine rings is 1. The number of nitrogens with one attached hydrogen (secondary N) is 2. The second-order valence-corrected chi connectivity index (χ2v) is 9.06. The Balaban J connectivity index is 1.57. The van der Waals surface area contributed by atoms with Crippen LogP contribution in [0.1, 0.15) is 26.7 Å². The molecule has 33 heavy (non-hydrogen) atoms. The normalized spacial score (nSPS) is 25.1. The molecule has 3 atom stereocenters. The van der Waals surface area contributed by atoms with E-state index in [1.165, 1.54) is 6.92 Å². The van der Waals surface area contributed by atoms with Gasteiger partial charge in [-0.05, 0) is 19.8 Å². The summed E-state index contributed by atoms with van der Waals surface area (Å²) in [6.45, 7) is 7.35. The Bertz CT molecular complexity index is 1160. The Morgan fingerprint density at radius 2 is 2.09 bits per heavy atom. The predicted molar refractivity (Wildman–Crippen MR) is 123 cm³/mol. The Hall–Kier alpha value is -3.18. The summed E-state index contributed by atoms with van der Waals surface area (Å²) in [7, 11) is 0. The van der Waals surface area contributed by atoms with E-state index in [0.29, 0.717) is 30.5 Å². The van der Waals surface area contributed by atoms with Crippen molar-refractivity contribution < 1.29 is 14.3 Å². The van der Waals surface area contributed by atoms with Gasteiger partial charge in [0.25, 0.3) is 0 Å². The Morgan fingerprint density at radius 1 is 1.27 bits per heavy atom. The highest BCUT2D eigenvalue weighted by molar-refractivity contribution is 6.05. The van der Waals surface area contributed by atoms with Crippen molar-refractivity contribution in [3.63, 3.8) is 0 Å². The molecule has 1 amide bonds. The number of morpholine rings is 2. The summed E-state index contributed by atoms with van der Waals surface area (Å²) in [5.41, 5.74) is 1.69. The standard InChI is InChI=1S/C22H28N8O3/c1-13-12-32-8-7-29(13)19-9-17(28-10-15-3-4-16(11-28)33-15)20-21(24-14(2)31)27-30(22(20)25-19)18-5-6-23-26-18/h5-6,9,13,15-16H,3-4,7-8,10-12H2,1-2H3,(H,23,26)(H,24,27,31)/t13-,15?,16?/m1/s1. The van der Waals surface area contributed by atoms with Gasteiger partial charge in [-0.25, -0.2) is 4.98 Å². The van der Waals surface area contributed by atoms with E-state index in [2.05, 4.69) is 38.3 Å². The Labute approximate surface area is 191 Å². The van der Waals surface area contributed by atoms with Crippen molar-refractivity contribution in [1.82, 2.24) is 25.0 Å². The lowest BCUT2D eigenvalue weighted by atomic mass is 10.1. The maximum atomic E-state index is 12.1. The van der Waals surface area contributed by atoms with Crippen molar-refractivity contribution in [3.05, 3.63) is 18.3 Å². The van der Waals surface area contributed by atoms with Gasteiger partial charge in [0.15, 0.2) is 17.3 Å². The van der Waals surface area contributed by atoms with Gasteiger partial charge in [-0.15, -0.1) is 5.10 Å². The van der Waals surface area contributed by atoms with Crippen LogP contribution in [0.15, 0.2) is 18.3 Å². The fourth-order valence-corrected chi connectivity index (χ4v) is 5.15. The summed E-state index contributed by atoms with van der Waals surface area (Å²) in [5, 5.41) is 15.5. The molecule has 0 spiro atoms. The number of carbonyl (C=O) groups excluding carboxylic acids is 1. The van der Waals surface area contributed by atoms with Gasteiger partial charge in [-0.3, -0.25) is 9.89 Å². The third-order valence-corrected chi connectivity index (χ3v) is 6.66. The van der Waals surface area contributed by atoms with Crippen molar-refractivity contribution >= 4 is 34.3 Å². The number of rotatable bonds is 4. The van der Waals surface area contributed by atoms with Gasteiger partial charge in [-0.1, -0.05) is 0 Å². The van der Waals surface area contributed by atoms with Gasteiger partial charge >= 0.3 is 0 Å². The molecule has 0 aromatic carbocycles. The molecule has 2 N–H and O–H groups in total. The molecule has 0 aliphatic carbocycles. The maximum Gasteiger partial charge on any atom is 0.222 e. The lowest BCUT2D eigenvalue weighted by molar-refractivity contribution is -0.114. The lowest BCUT2D eigenvalue weighted by Gasteiger charge is -2.37. The highest BCUT2D eigenvalue weighted by Gasteiger charge is 2.36. The van der Waals surface area contributed by atoms with Crippen LogP contribution >= 0.6 is 0 Å². The average molecular weight is 453 g/mol. The van der Waals surface area contributed by atoms with Crippen LogP contribution in [0.3, 0.4) is 0 Å².